The molecule has 0 spiro atoms. The number of carbonyl (C=O) groups excluding carboxylic acids is 2. The van der Waals surface area contributed by atoms with Crippen molar-refractivity contribution in [3.63, 3.8) is 0 Å². The van der Waals surface area contributed by atoms with Crippen molar-refractivity contribution in [3.05, 3.63) is 130 Å². The van der Waals surface area contributed by atoms with Crippen LogP contribution in [0.1, 0.15) is 44.8 Å². The highest BCUT2D eigenvalue weighted by Crippen LogP contribution is 2.25. The number of amides is 2. The maximum Gasteiger partial charge on any atom is 0.259 e. The molecule has 5 nitrogen and oxygen atoms in total. The summed E-state index contributed by atoms with van der Waals surface area (Å²) >= 11 is 3.44. The van der Waals surface area contributed by atoms with Crippen molar-refractivity contribution < 1.29 is 14.3 Å². The van der Waals surface area contributed by atoms with Crippen molar-refractivity contribution in [2.24, 2.45) is 0 Å². The maximum atomic E-state index is 13.2. The minimum atomic E-state index is -0.318. The lowest BCUT2D eigenvalue weighted by atomic mass is 10.1. The lowest BCUT2D eigenvalue weighted by Gasteiger charge is -2.15. The smallest absolute Gasteiger partial charge is 0.259 e. The van der Waals surface area contributed by atoms with Crippen LogP contribution >= 0.6 is 15.9 Å². The fraction of sp³-hybridized carbons (Fsp3) is 0.133. The second-order valence-corrected chi connectivity index (χ2v) is 9.28. The number of nitrogens with one attached hydrogen (secondary N) is 2. The predicted molar refractivity (Wildman–Crippen MR) is 147 cm³/mol. The van der Waals surface area contributed by atoms with Crippen LogP contribution in [0.15, 0.2) is 108 Å². The van der Waals surface area contributed by atoms with Crippen LogP contribution in [-0.2, 0) is 6.42 Å². The number of hydrogen-bond acceptors (Lipinski definition) is 3. The first-order valence-electron chi connectivity index (χ1n) is 11.7. The monoisotopic (exact) mass is 542 g/mol. The molecule has 0 saturated heterocycles. The van der Waals surface area contributed by atoms with Gasteiger partial charge in [-0.1, -0.05) is 82.7 Å². The first kappa shape index (κ1) is 25.2. The number of halogens is 1. The molecule has 1 unspecified atom stereocenters. The highest BCUT2D eigenvalue weighted by atomic mass is 79.9. The third kappa shape index (κ3) is 6.83. The van der Waals surface area contributed by atoms with Crippen molar-refractivity contribution in [3.8, 4) is 5.75 Å². The number of carbonyl (C=O) groups is 2. The summed E-state index contributed by atoms with van der Waals surface area (Å²) in [6.07, 6.45) is 0.733. The van der Waals surface area contributed by atoms with E-state index < -0.39 is 0 Å². The van der Waals surface area contributed by atoms with Gasteiger partial charge in [-0.15, -0.1) is 0 Å². The summed E-state index contributed by atoms with van der Waals surface area (Å²) in [5.41, 5.74) is 3.58. The van der Waals surface area contributed by atoms with Gasteiger partial charge in [0.2, 0.25) is 0 Å². The van der Waals surface area contributed by atoms with E-state index in [1.165, 1.54) is 0 Å². The van der Waals surface area contributed by atoms with Crippen molar-refractivity contribution >= 4 is 33.4 Å². The van der Waals surface area contributed by atoms with E-state index in [4.69, 9.17) is 4.74 Å². The second-order valence-electron chi connectivity index (χ2n) is 8.37. The van der Waals surface area contributed by atoms with Crippen LogP contribution in [0, 0.1) is 0 Å². The molecule has 0 aromatic heterocycles. The average Bonchev–Trinajstić information content (AvgIpc) is 2.90. The first-order chi connectivity index (χ1) is 17.5. The molecule has 1 atom stereocenters. The molecule has 0 bridgehead atoms. The van der Waals surface area contributed by atoms with E-state index in [0.717, 1.165) is 22.0 Å². The summed E-state index contributed by atoms with van der Waals surface area (Å²) in [6, 6.07) is 31.9. The van der Waals surface area contributed by atoms with E-state index in [0.29, 0.717) is 29.2 Å². The zero-order valence-corrected chi connectivity index (χ0v) is 21.5. The van der Waals surface area contributed by atoms with Crippen LogP contribution in [0.2, 0.25) is 0 Å². The summed E-state index contributed by atoms with van der Waals surface area (Å²) < 4.78 is 6.73. The van der Waals surface area contributed by atoms with Gasteiger partial charge in [0.25, 0.3) is 11.8 Å². The number of hydrogen-bond donors (Lipinski definition) is 2. The molecule has 2 amide bonds. The van der Waals surface area contributed by atoms with Gasteiger partial charge < -0.3 is 15.4 Å². The maximum absolute atomic E-state index is 13.2. The summed E-state index contributed by atoms with van der Waals surface area (Å²) in [7, 11) is 0. The van der Waals surface area contributed by atoms with Crippen molar-refractivity contribution in [1.29, 1.82) is 0 Å². The van der Waals surface area contributed by atoms with Crippen LogP contribution in [0.3, 0.4) is 0 Å². The van der Waals surface area contributed by atoms with E-state index in [1.54, 1.807) is 36.4 Å². The molecule has 2 N–H and O–H groups in total. The van der Waals surface area contributed by atoms with Crippen LogP contribution < -0.4 is 15.4 Å². The summed E-state index contributed by atoms with van der Waals surface area (Å²) in [4.78, 5) is 26.0. The first-order valence-corrected chi connectivity index (χ1v) is 12.5. The standard InChI is InChI=1S/C30H27BrN2O3/c1-21(23-11-6-3-7-12-23)32-29(34)24-13-8-14-26(19-24)33-30(35)27-20-25(31)15-16-28(27)36-18-17-22-9-4-2-5-10-22/h2-16,19-21H,17-18H2,1H3,(H,32,34)(H,33,35). The fourth-order valence-electron chi connectivity index (χ4n) is 3.77. The lowest BCUT2D eigenvalue weighted by Crippen LogP contribution is -2.26. The molecule has 0 aliphatic heterocycles. The molecule has 4 rings (SSSR count). The predicted octanol–water partition coefficient (Wildman–Crippen LogP) is 6.81. The zero-order valence-electron chi connectivity index (χ0n) is 19.9. The van der Waals surface area contributed by atoms with E-state index in [1.807, 2.05) is 73.7 Å². The highest BCUT2D eigenvalue weighted by Gasteiger charge is 2.16. The van der Waals surface area contributed by atoms with Crippen LogP contribution in [0.5, 0.6) is 5.75 Å². The van der Waals surface area contributed by atoms with Gasteiger partial charge in [-0.2, -0.15) is 0 Å². The molecule has 0 saturated carbocycles. The Bertz CT molecular complexity index is 1330. The zero-order chi connectivity index (χ0) is 25.3. The molecular weight excluding hydrogens is 516 g/mol. The quantitative estimate of drug-likeness (QED) is 0.244. The van der Waals surface area contributed by atoms with Crippen molar-refractivity contribution in [1.82, 2.24) is 5.32 Å². The van der Waals surface area contributed by atoms with E-state index in [2.05, 4.69) is 26.6 Å². The Hall–Kier alpha value is -3.90. The average molecular weight is 543 g/mol. The minimum absolute atomic E-state index is 0.144. The van der Waals surface area contributed by atoms with E-state index in [9.17, 15) is 9.59 Å². The molecule has 182 valence electrons. The molecule has 0 radical (unpaired) electrons. The second kappa shape index (κ2) is 12.2. The third-order valence-corrected chi connectivity index (χ3v) is 6.20. The SMILES string of the molecule is CC(NC(=O)c1cccc(NC(=O)c2cc(Br)ccc2OCCc2ccccc2)c1)c1ccccc1. The molecule has 0 aliphatic rings. The Morgan fingerprint density at radius 2 is 1.56 bits per heavy atom. The largest absolute Gasteiger partial charge is 0.492 e. The summed E-state index contributed by atoms with van der Waals surface area (Å²) in [5, 5.41) is 5.89. The van der Waals surface area contributed by atoms with Crippen LogP contribution in [0.25, 0.3) is 0 Å². The number of benzene rings is 4. The van der Waals surface area contributed by atoms with Crippen molar-refractivity contribution in [2.45, 2.75) is 19.4 Å². The lowest BCUT2D eigenvalue weighted by molar-refractivity contribution is 0.0938. The van der Waals surface area contributed by atoms with Gasteiger partial charge in [-0.25, -0.2) is 0 Å². The molecular formula is C30H27BrN2O3. The van der Waals surface area contributed by atoms with Gasteiger partial charge in [0.15, 0.2) is 0 Å². The normalized spacial score (nSPS) is 11.4. The summed E-state index contributed by atoms with van der Waals surface area (Å²) in [5.74, 6) is -0.0340. The molecule has 0 heterocycles. The molecule has 4 aromatic rings. The van der Waals surface area contributed by atoms with Gasteiger partial charge in [-0.05, 0) is 54.4 Å². The Morgan fingerprint density at radius 1 is 0.833 bits per heavy atom. The van der Waals surface area contributed by atoms with E-state index >= 15 is 0 Å². The van der Waals surface area contributed by atoms with E-state index in [-0.39, 0.29) is 17.9 Å². The number of anilines is 1. The highest BCUT2D eigenvalue weighted by molar-refractivity contribution is 9.10. The topological polar surface area (TPSA) is 67.4 Å². The third-order valence-electron chi connectivity index (χ3n) is 5.71. The van der Waals surface area contributed by atoms with Gasteiger partial charge >= 0.3 is 0 Å². The fourth-order valence-corrected chi connectivity index (χ4v) is 4.13. The molecule has 0 fully saturated rings. The minimum Gasteiger partial charge on any atom is -0.492 e. The van der Waals surface area contributed by atoms with Crippen LogP contribution in [0.4, 0.5) is 5.69 Å². The molecule has 6 heteroatoms. The molecule has 4 aromatic carbocycles. The Morgan fingerprint density at radius 3 is 2.31 bits per heavy atom. The van der Waals surface area contributed by atoms with Gasteiger partial charge in [0, 0.05) is 22.1 Å². The Balaban J connectivity index is 1.42. The van der Waals surface area contributed by atoms with Gasteiger partial charge in [0.1, 0.15) is 5.75 Å². The number of ether oxygens (including phenoxy) is 1. The molecule has 0 aliphatic carbocycles. The van der Waals surface area contributed by atoms with Crippen molar-refractivity contribution in [2.75, 3.05) is 11.9 Å². The number of rotatable bonds is 9. The Labute approximate surface area is 219 Å². The van der Waals surface area contributed by atoms with Crippen LogP contribution in [-0.4, -0.2) is 18.4 Å². The van der Waals surface area contributed by atoms with Gasteiger partial charge in [0.05, 0.1) is 18.2 Å². The van der Waals surface area contributed by atoms with Gasteiger partial charge in [-0.3, -0.25) is 9.59 Å². The summed E-state index contributed by atoms with van der Waals surface area (Å²) in [6.45, 7) is 2.38. The Kier molecular flexibility index (Phi) is 8.53. The molecule has 36 heavy (non-hydrogen) atoms.